The van der Waals surface area contributed by atoms with E-state index in [9.17, 15) is 9.59 Å². The number of carbonyl (C=O) groups is 2. The van der Waals surface area contributed by atoms with Crippen LogP contribution in [0.25, 0.3) is 20.4 Å². The Balaban J connectivity index is 0.854. The van der Waals surface area contributed by atoms with Gasteiger partial charge in [0.1, 0.15) is 24.1 Å². The molecule has 0 unspecified atom stereocenters. The van der Waals surface area contributed by atoms with Crippen LogP contribution in [0.3, 0.4) is 0 Å². The van der Waals surface area contributed by atoms with E-state index in [1.807, 2.05) is 97.1 Å². The minimum absolute atomic E-state index is 0.122. The first-order valence-corrected chi connectivity index (χ1v) is 20.1. The molecule has 8 aromatic rings. The molecule has 0 aliphatic carbocycles. The van der Waals surface area contributed by atoms with Crippen LogP contribution in [0.5, 0.6) is 0 Å². The van der Waals surface area contributed by atoms with E-state index in [0.717, 1.165) is 78.6 Å². The van der Waals surface area contributed by atoms with E-state index in [0.29, 0.717) is 8.68 Å². The molecule has 0 spiro atoms. The second-order valence-corrected chi connectivity index (χ2v) is 15.9. The maximum Gasteiger partial charge on any atom is 0.318 e. The molecule has 0 amide bonds. The summed E-state index contributed by atoms with van der Waals surface area (Å²) in [7, 11) is 0. The van der Waals surface area contributed by atoms with Crippen molar-refractivity contribution in [3.63, 3.8) is 0 Å². The smallest absolute Gasteiger partial charge is 0.318 e. The SMILES string of the molecule is O=C(CCC(=O)OSc1nc2ccc(N(c3ccccc3)c3ccccc3)cc2s1)OSc1nc2ccc(N(c3ccccc3)c3ccccc3)cc2s1. The molecule has 2 aromatic heterocycles. The molecule has 12 heteroatoms. The van der Waals surface area contributed by atoms with Crippen LogP contribution in [-0.2, 0) is 18.0 Å². The monoisotopic (exact) mass is 782 g/mol. The fourth-order valence-corrected chi connectivity index (χ4v) is 9.03. The summed E-state index contributed by atoms with van der Waals surface area (Å²) in [4.78, 5) is 38.8. The number of fused-ring (bicyclic) bond motifs is 2. The molecule has 2 heterocycles. The lowest BCUT2D eigenvalue weighted by molar-refractivity contribution is -0.139. The Morgan fingerprint density at radius 2 is 0.796 bits per heavy atom. The van der Waals surface area contributed by atoms with Gasteiger partial charge in [0, 0.05) is 34.1 Å². The molecule has 0 radical (unpaired) electrons. The van der Waals surface area contributed by atoms with E-state index in [1.54, 1.807) is 0 Å². The third-order valence-electron chi connectivity index (χ3n) is 8.22. The number of benzene rings is 6. The Bertz CT molecular complexity index is 2260. The van der Waals surface area contributed by atoms with Gasteiger partial charge < -0.3 is 18.2 Å². The Kier molecular flexibility index (Phi) is 10.9. The number of hydrogen-bond acceptors (Lipinski definition) is 12. The third kappa shape index (κ3) is 8.27. The van der Waals surface area contributed by atoms with Gasteiger partial charge in [-0.2, -0.15) is 0 Å². The second kappa shape index (κ2) is 16.6. The minimum atomic E-state index is -0.532. The number of hydrogen-bond donors (Lipinski definition) is 0. The molecule has 0 aliphatic rings. The Labute approximate surface area is 328 Å². The zero-order valence-electron chi connectivity index (χ0n) is 28.5. The van der Waals surface area contributed by atoms with Gasteiger partial charge in [-0.3, -0.25) is 9.59 Å². The molecule has 0 N–H and O–H groups in total. The quantitative estimate of drug-likeness (QED) is 0.105. The van der Waals surface area contributed by atoms with Gasteiger partial charge in [-0.05, 0) is 84.9 Å². The molecular weight excluding hydrogens is 753 g/mol. The van der Waals surface area contributed by atoms with Crippen molar-refractivity contribution in [2.45, 2.75) is 21.5 Å². The Morgan fingerprint density at radius 1 is 0.463 bits per heavy atom. The van der Waals surface area contributed by atoms with Gasteiger partial charge in [-0.25, -0.2) is 9.97 Å². The average molecular weight is 783 g/mol. The Hall–Kier alpha value is -5.66. The van der Waals surface area contributed by atoms with Crippen molar-refractivity contribution in [2.75, 3.05) is 9.80 Å². The van der Waals surface area contributed by atoms with Crippen molar-refractivity contribution in [1.82, 2.24) is 9.97 Å². The highest BCUT2D eigenvalue weighted by Crippen LogP contribution is 2.40. The molecule has 54 heavy (non-hydrogen) atoms. The number of carbonyl (C=O) groups excluding carboxylic acids is 2. The van der Waals surface area contributed by atoms with Gasteiger partial charge >= 0.3 is 11.9 Å². The van der Waals surface area contributed by atoms with E-state index in [-0.39, 0.29) is 12.8 Å². The summed E-state index contributed by atoms with van der Waals surface area (Å²) in [5.41, 5.74) is 7.74. The van der Waals surface area contributed by atoms with Gasteiger partial charge in [-0.1, -0.05) is 72.8 Å². The topological polar surface area (TPSA) is 84.9 Å². The van der Waals surface area contributed by atoms with Crippen molar-refractivity contribution in [3.05, 3.63) is 158 Å². The summed E-state index contributed by atoms with van der Waals surface area (Å²) >= 11 is 4.68. The van der Waals surface area contributed by atoms with Gasteiger partial charge in [-0.15, -0.1) is 22.7 Å². The molecule has 266 valence electrons. The molecule has 0 aliphatic heterocycles. The standard InChI is InChI=1S/C42H30N4O4S4/c47-39(49-53-41-43-35-23-21-33(27-37(35)51-41)45(29-13-5-1-6-14-29)30-15-7-2-8-16-30)25-26-40(48)50-54-42-44-36-24-22-34(28-38(36)52-42)46(31-17-9-3-10-18-31)32-19-11-4-12-20-32/h1-24,27-28H,25-26H2. The van der Waals surface area contributed by atoms with E-state index < -0.39 is 11.9 Å². The molecule has 0 saturated heterocycles. The fraction of sp³-hybridized carbons (Fsp3) is 0.0476. The summed E-state index contributed by atoms with van der Waals surface area (Å²) in [6.07, 6.45) is -0.245. The number of anilines is 6. The largest absolute Gasteiger partial charge is 0.383 e. The maximum atomic E-state index is 12.6. The van der Waals surface area contributed by atoms with Gasteiger partial charge in [0.15, 0.2) is 8.68 Å². The van der Waals surface area contributed by atoms with Crippen molar-refractivity contribution >= 4 is 113 Å². The number of thiazole rings is 2. The average Bonchev–Trinajstić information content (AvgIpc) is 3.83. The van der Waals surface area contributed by atoms with Crippen molar-refractivity contribution in [2.24, 2.45) is 0 Å². The molecule has 0 saturated carbocycles. The van der Waals surface area contributed by atoms with Gasteiger partial charge in [0.25, 0.3) is 0 Å². The first-order chi connectivity index (χ1) is 26.6. The number of aromatic nitrogens is 2. The molecule has 8 rings (SSSR count). The van der Waals surface area contributed by atoms with Crippen LogP contribution in [-0.4, -0.2) is 21.9 Å². The highest BCUT2D eigenvalue weighted by molar-refractivity contribution is 7.97. The molecule has 0 bridgehead atoms. The van der Waals surface area contributed by atoms with E-state index in [1.165, 1.54) is 22.7 Å². The molecule has 8 nitrogen and oxygen atoms in total. The molecule has 0 fully saturated rings. The molecular formula is C42H30N4O4S4. The lowest BCUT2D eigenvalue weighted by atomic mass is 10.2. The van der Waals surface area contributed by atoms with Gasteiger partial charge in [0.2, 0.25) is 0 Å². The predicted octanol–water partition coefficient (Wildman–Crippen LogP) is 12.4. The summed E-state index contributed by atoms with van der Waals surface area (Å²) in [6, 6.07) is 52.9. The number of rotatable bonds is 13. The highest BCUT2D eigenvalue weighted by atomic mass is 32.2. The fourth-order valence-electron chi connectivity index (χ4n) is 5.79. The maximum absolute atomic E-state index is 12.6. The van der Waals surface area contributed by atoms with E-state index >= 15 is 0 Å². The normalized spacial score (nSPS) is 11.0. The Morgan fingerprint density at radius 3 is 1.13 bits per heavy atom. The lowest BCUT2D eigenvalue weighted by Gasteiger charge is -2.25. The van der Waals surface area contributed by atoms with Crippen LogP contribution in [0.1, 0.15) is 12.8 Å². The molecule has 0 atom stereocenters. The summed E-state index contributed by atoms with van der Waals surface area (Å²) in [5, 5.41) is 0. The zero-order valence-corrected chi connectivity index (χ0v) is 31.7. The van der Waals surface area contributed by atoms with Crippen molar-refractivity contribution < 1.29 is 18.0 Å². The van der Waals surface area contributed by atoms with Crippen LogP contribution in [0.2, 0.25) is 0 Å². The van der Waals surface area contributed by atoms with E-state index in [2.05, 4.69) is 80.4 Å². The van der Waals surface area contributed by atoms with Crippen LogP contribution in [0, 0.1) is 0 Å². The first kappa shape index (κ1) is 35.4. The summed E-state index contributed by atoms with van der Waals surface area (Å²) in [6.45, 7) is 0. The zero-order chi connectivity index (χ0) is 36.7. The lowest BCUT2D eigenvalue weighted by Crippen LogP contribution is -2.09. The summed E-state index contributed by atoms with van der Waals surface area (Å²) < 4.78 is 13.9. The predicted molar refractivity (Wildman–Crippen MR) is 222 cm³/mol. The second-order valence-electron chi connectivity index (χ2n) is 11.9. The summed E-state index contributed by atoms with van der Waals surface area (Å²) in [5.74, 6) is -1.06. The first-order valence-electron chi connectivity index (χ1n) is 16.9. The highest BCUT2D eigenvalue weighted by Gasteiger charge is 2.18. The van der Waals surface area contributed by atoms with Crippen molar-refractivity contribution in [3.8, 4) is 0 Å². The number of nitrogens with zero attached hydrogens (tertiary/aromatic N) is 4. The molecule has 6 aromatic carbocycles. The number of para-hydroxylation sites is 4. The van der Waals surface area contributed by atoms with E-state index in [4.69, 9.17) is 8.37 Å². The van der Waals surface area contributed by atoms with Crippen LogP contribution in [0.15, 0.2) is 166 Å². The minimum Gasteiger partial charge on any atom is -0.383 e. The van der Waals surface area contributed by atoms with Gasteiger partial charge in [0.05, 0.1) is 33.3 Å². The van der Waals surface area contributed by atoms with Crippen LogP contribution in [0.4, 0.5) is 34.1 Å². The third-order valence-corrected chi connectivity index (χ3v) is 11.8. The van der Waals surface area contributed by atoms with Crippen molar-refractivity contribution in [1.29, 1.82) is 0 Å². The van der Waals surface area contributed by atoms with Crippen LogP contribution < -0.4 is 9.80 Å². The van der Waals surface area contributed by atoms with Crippen LogP contribution >= 0.6 is 46.8 Å².